The molecule has 0 aliphatic heterocycles. The summed E-state index contributed by atoms with van der Waals surface area (Å²) in [6.07, 6.45) is 0. The third kappa shape index (κ3) is 7.98. The first-order valence-corrected chi connectivity index (χ1v) is 6.81. The largest absolute Gasteiger partial charge is 0.493 e. The molecule has 0 heterocycles. The summed E-state index contributed by atoms with van der Waals surface area (Å²) in [5.41, 5.74) is 1.09. The van der Waals surface area contributed by atoms with E-state index in [2.05, 4.69) is 24.3 Å². The molecule has 0 saturated carbocycles. The van der Waals surface area contributed by atoms with Crippen LogP contribution >= 0.6 is 36.4 Å². The lowest BCUT2D eigenvalue weighted by Gasteiger charge is -2.14. The van der Waals surface area contributed by atoms with E-state index in [-0.39, 0.29) is 24.8 Å². The quantitative estimate of drug-likeness (QED) is 0.723. The van der Waals surface area contributed by atoms with Crippen LogP contribution in [0.3, 0.4) is 0 Å². The molecule has 1 aromatic carbocycles. The molecule has 4 nitrogen and oxygen atoms in total. The highest BCUT2D eigenvalue weighted by Gasteiger charge is 2.11. The number of nitrogens with zero attached hydrogens (tertiary/aromatic N) is 1. The fraction of sp³-hybridized carbons (Fsp3) is 0.571. The van der Waals surface area contributed by atoms with Crippen molar-refractivity contribution >= 4 is 36.4 Å². The Labute approximate surface area is 144 Å². The van der Waals surface area contributed by atoms with E-state index in [0.29, 0.717) is 23.1 Å². The minimum absolute atomic E-state index is 0. The van der Waals surface area contributed by atoms with Crippen molar-refractivity contribution in [3.8, 4) is 11.5 Å². The maximum atomic E-state index is 6.21. The third-order valence-corrected chi connectivity index (χ3v) is 2.92. The predicted octanol–water partition coefficient (Wildman–Crippen LogP) is 3.24. The van der Waals surface area contributed by atoms with Gasteiger partial charge >= 0.3 is 0 Å². The van der Waals surface area contributed by atoms with Crippen molar-refractivity contribution in [2.45, 2.75) is 13.5 Å². The Balaban J connectivity index is 0. The number of hydrogen-bond acceptors (Lipinski definition) is 4. The van der Waals surface area contributed by atoms with Gasteiger partial charge in [0.25, 0.3) is 0 Å². The Morgan fingerprint density at radius 3 is 2.43 bits per heavy atom. The van der Waals surface area contributed by atoms with E-state index in [1.54, 1.807) is 7.11 Å². The zero-order chi connectivity index (χ0) is 14.3. The first-order valence-electron chi connectivity index (χ1n) is 6.43. The minimum Gasteiger partial charge on any atom is -0.493 e. The Bertz CT molecular complexity index is 404. The predicted molar refractivity (Wildman–Crippen MR) is 93.9 cm³/mol. The number of likely N-dealkylation sites (N-methyl/N-ethyl adjacent to an activating group) is 1. The van der Waals surface area contributed by atoms with E-state index in [4.69, 9.17) is 21.1 Å². The molecule has 0 aliphatic carbocycles. The molecule has 1 aromatic rings. The van der Waals surface area contributed by atoms with Gasteiger partial charge in [0.15, 0.2) is 11.5 Å². The van der Waals surface area contributed by atoms with Gasteiger partial charge in [-0.15, -0.1) is 24.8 Å². The lowest BCUT2D eigenvalue weighted by molar-refractivity contribution is 0.311. The van der Waals surface area contributed by atoms with E-state index in [1.807, 2.05) is 19.1 Å². The van der Waals surface area contributed by atoms with Crippen LogP contribution in [0.1, 0.15) is 12.5 Å². The minimum atomic E-state index is 0. The maximum absolute atomic E-state index is 6.21. The first kappa shape index (κ1) is 22.9. The van der Waals surface area contributed by atoms with E-state index in [1.165, 1.54) is 0 Å². The van der Waals surface area contributed by atoms with Crippen molar-refractivity contribution in [1.82, 2.24) is 10.2 Å². The molecule has 0 bridgehead atoms. The summed E-state index contributed by atoms with van der Waals surface area (Å²) >= 11 is 6.21. The van der Waals surface area contributed by atoms with Crippen molar-refractivity contribution in [3.63, 3.8) is 0 Å². The zero-order valence-electron chi connectivity index (χ0n) is 12.9. The summed E-state index contributed by atoms with van der Waals surface area (Å²) in [4.78, 5) is 2.14. The molecule has 0 spiro atoms. The monoisotopic (exact) mass is 358 g/mol. The van der Waals surface area contributed by atoms with Gasteiger partial charge in [-0.1, -0.05) is 11.6 Å². The smallest absolute Gasteiger partial charge is 0.179 e. The molecule has 0 atom stereocenters. The van der Waals surface area contributed by atoms with Gasteiger partial charge < -0.3 is 19.7 Å². The molecule has 0 aromatic heterocycles. The number of methoxy groups -OCH3 is 1. The highest BCUT2D eigenvalue weighted by atomic mass is 35.5. The third-order valence-electron chi connectivity index (χ3n) is 2.64. The van der Waals surface area contributed by atoms with E-state index in [0.717, 1.165) is 25.2 Å². The fourth-order valence-corrected chi connectivity index (χ4v) is 1.98. The molecular weight excluding hydrogens is 335 g/mol. The van der Waals surface area contributed by atoms with Crippen LogP contribution in [-0.4, -0.2) is 45.8 Å². The van der Waals surface area contributed by atoms with Gasteiger partial charge in [0.1, 0.15) is 0 Å². The van der Waals surface area contributed by atoms with Crippen molar-refractivity contribution in [1.29, 1.82) is 0 Å². The molecular formula is C14H25Cl3N2O2. The van der Waals surface area contributed by atoms with Crippen LogP contribution in [0.2, 0.25) is 5.02 Å². The second-order valence-corrected chi connectivity index (χ2v) is 4.93. The molecule has 0 unspecified atom stereocenters. The van der Waals surface area contributed by atoms with Crippen LogP contribution in [0.5, 0.6) is 11.5 Å². The summed E-state index contributed by atoms with van der Waals surface area (Å²) in [5.74, 6) is 1.29. The molecule has 7 heteroatoms. The van der Waals surface area contributed by atoms with Crippen LogP contribution in [0.15, 0.2) is 12.1 Å². The van der Waals surface area contributed by atoms with Crippen molar-refractivity contribution in [2.75, 3.05) is 40.9 Å². The Kier molecular flexibility index (Phi) is 13.3. The standard InChI is InChI=1S/C14H23ClN2O2.2ClH/c1-5-19-14-12(15)8-11(9-13(14)18-4)10-16-6-7-17(2)3;;/h8-9,16H,5-7,10H2,1-4H3;2*1H. The van der Waals surface area contributed by atoms with Crippen molar-refractivity contribution in [3.05, 3.63) is 22.7 Å². The second-order valence-electron chi connectivity index (χ2n) is 4.52. The summed E-state index contributed by atoms with van der Waals surface area (Å²) in [7, 11) is 5.73. The zero-order valence-corrected chi connectivity index (χ0v) is 15.3. The lowest BCUT2D eigenvalue weighted by Crippen LogP contribution is -2.26. The number of hydrogen-bond donors (Lipinski definition) is 1. The Morgan fingerprint density at radius 1 is 1.24 bits per heavy atom. The van der Waals surface area contributed by atoms with Crippen LogP contribution in [0.25, 0.3) is 0 Å². The summed E-state index contributed by atoms with van der Waals surface area (Å²) in [6, 6.07) is 3.87. The highest BCUT2D eigenvalue weighted by molar-refractivity contribution is 6.32. The van der Waals surface area contributed by atoms with Gasteiger partial charge in [0, 0.05) is 19.6 Å². The summed E-state index contributed by atoms with van der Waals surface area (Å²) in [5, 5.41) is 3.95. The maximum Gasteiger partial charge on any atom is 0.179 e. The van der Waals surface area contributed by atoms with Gasteiger partial charge in [0.05, 0.1) is 18.7 Å². The Morgan fingerprint density at radius 2 is 1.90 bits per heavy atom. The van der Waals surface area contributed by atoms with Crippen molar-refractivity contribution in [2.24, 2.45) is 0 Å². The van der Waals surface area contributed by atoms with Crippen molar-refractivity contribution < 1.29 is 9.47 Å². The molecule has 0 amide bonds. The van der Waals surface area contributed by atoms with Gasteiger partial charge in [-0.3, -0.25) is 0 Å². The highest BCUT2D eigenvalue weighted by Crippen LogP contribution is 2.36. The number of rotatable bonds is 8. The van der Waals surface area contributed by atoms with Crippen LogP contribution in [-0.2, 0) is 6.54 Å². The molecule has 0 saturated heterocycles. The topological polar surface area (TPSA) is 33.7 Å². The second kappa shape index (κ2) is 12.2. The van der Waals surface area contributed by atoms with E-state index < -0.39 is 0 Å². The number of nitrogens with one attached hydrogen (secondary N) is 1. The molecule has 0 aliphatic rings. The average Bonchev–Trinajstić information content (AvgIpc) is 2.37. The SMILES string of the molecule is CCOc1c(Cl)cc(CNCCN(C)C)cc1OC.Cl.Cl. The molecule has 1 rings (SSSR count). The fourth-order valence-electron chi connectivity index (χ4n) is 1.70. The van der Waals surface area contributed by atoms with Crippen LogP contribution in [0.4, 0.5) is 0 Å². The summed E-state index contributed by atoms with van der Waals surface area (Å²) in [6.45, 7) is 5.18. The molecule has 124 valence electrons. The molecule has 21 heavy (non-hydrogen) atoms. The van der Waals surface area contributed by atoms with E-state index >= 15 is 0 Å². The normalized spacial score (nSPS) is 9.81. The molecule has 1 N–H and O–H groups in total. The Hall–Kier alpha value is -0.390. The number of ether oxygens (including phenoxy) is 2. The average molecular weight is 360 g/mol. The van der Waals surface area contributed by atoms with Gasteiger partial charge in [-0.2, -0.15) is 0 Å². The van der Waals surface area contributed by atoms with Gasteiger partial charge in [0.2, 0.25) is 0 Å². The number of halogens is 3. The summed E-state index contributed by atoms with van der Waals surface area (Å²) < 4.78 is 10.8. The van der Waals surface area contributed by atoms with Crippen LogP contribution in [0, 0.1) is 0 Å². The van der Waals surface area contributed by atoms with Gasteiger partial charge in [-0.05, 0) is 38.7 Å². The number of benzene rings is 1. The van der Waals surface area contributed by atoms with Gasteiger partial charge in [-0.25, -0.2) is 0 Å². The first-order chi connectivity index (χ1) is 9.08. The molecule has 0 radical (unpaired) electrons. The lowest BCUT2D eigenvalue weighted by atomic mass is 10.2. The molecule has 0 fully saturated rings. The van der Waals surface area contributed by atoms with E-state index in [9.17, 15) is 0 Å². The van der Waals surface area contributed by atoms with Crippen LogP contribution < -0.4 is 14.8 Å².